The fraction of sp³-hybridized carbons (Fsp3) is 0.688. The Labute approximate surface area is 138 Å². The maximum Gasteiger partial charge on any atom is 0.332 e. The van der Waals surface area contributed by atoms with Crippen molar-refractivity contribution in [1.29, 1.82) is 0 Å². The molecule has 0 aromatic carbocycles. The minimum Gasteiger partial charge on any atom is -0.429 e. The summed E-state index contributed by atoms with van der Waals surface area (Å²) < 4.78 is 5.97. The van der Waals surface area contributed by atoms with Crippen molar-refractivity contribution >= 4 is 28.0 Å². The standard InChI is InChI=1S/C16H28BN3OP/c1-15(2,16(3,4)22)21-17-13-6-7-14(18-12-13)20-10-8-19(5)9-11-20/h6-7,12H,8-11,22H2,1-5H3. The van der Waals surface area contributed by atoms with Crippen LogP contribution in [-0.2, 0) is 4.65 Å². The summed E-state index contributed by atoms with van der Waals surface area (Å²) >= 11 is 0. The Bertz CT molecular complexity index is 479. The van der Waals surface area contributed by atoms with Gasteiger partial charge in [-0.2, -0.15) is 0 Å². The molecule has 1 atom stereocenters. The Morgan fingerprint density at radius 3 is 2.27 bits per heavy atom. The zero-order chi connectivity index (χ0) is 16.4. The van der Waals surface area contributed by atoms with Gasteiger partial charge in [-0.15, -0.1) is 9.24 Å². The van der Waals surface area contributed by atoms with Crippen LogP contribution in [0.25, 0.3) is 0 Å². The molecule has 0 spiro atoms. The van der Waals surface area contributed by atoms with Crippen molar-refractivity contribution in [3.05, 3.63) is 18.3 Å². The first-order valence-corrected chi connectivity index (χ1v) is 8.46. The van der Waals surface area contributed by atoms with Crippen LogP contribution in [0.2, 0.25) is 0 Å². The summed E-state index contributed by atoms with van der Waals surface area (Å²) in [6.45, 7) is 12.8. The molecule has 1 fully saturated rings. The third kappa shape index (κ3) is 4.44. The molecule has 1 aliphatic heterocycles. The topological polar surface area (TPSA) is 28.6 Å². The molecule has 4 nitrogen and oxygen atoms in total. The van der Waals surface area contributed by atoms with Crippen molar-refractivity contribution in [2.24, 2.45) is 0 Å². The van der Waals surface area contributed by atoms with Gasteiger partial charge in [-0.05, 0) is 32.4 Å². The van der Waals surface area contributed by atoms with E-state index in [1.54, 1.807) is 0 Å². The largest absolute Gasteiger partial charge is 0.429 e. The molecule has 0 bridgehead atoms. The van der Waals surface area contributed by atoms with Crippen LogP contribution in [0.15, 0.2) is 18.3 Å². The van der Waals surface area contributed by atoms with E-state index in [2.05, 4.69) is 70.9 Å². The third-order valence-electron chi connectivity index (χ3n) is 4.64. The summed E-state index contributed by atoms with van der Waals surface area (Å²) in [5.41, 5.74) is 0.744. The Balaban J connectivity index is 1.92. The third-order valence-corrected chi connectivity index (χ3v) is 5.33. The molecule has 2 rings (SSSR count). The van der Waals surface area contributed by atoms with Crippen molar-refractivity contribution in [2.75, 3.05) is 38.1 Å². The number of anilines is 1. The first-order valence-electron chi connectivity index (χ1n) is 7.88. The lowest BCUT2D eigenvalue weighted by Gasteiger charge is -2.39. The predicted octanol–water partition coefficient (Wildman–Crippen LogP) is 1.53. The minimum absolute atomic E-state index is 0.00328. The van der Waals surface area contributed by atoms with Crippen molar-refractivity contribution in [1.82, 2.24) is 9.88 Å². The molecular weight excluding hydrogens is 292 g/mol. The van der Waals surface area contributed by atoms with Gasteiger partial charge in [-0.1, -0.05) is 19.9 Å². The highest BCUT2D eigenvalue weighted by atomic mass is 31.0. The molecule has 0 amide bonds. The number of pyridine rings is 1. The average molecular weight is 320 g/mol. The van der Waals surface area contributed by atoms with Crippen LogP contribution in [0.3, 0.4) is 0 Å². The number of aromatic nitrogens is 1. The molecule has 2 heterocycles. The van der Waals surface area contributed by atoms with E-state index in [-0.39, 0.29) is 10.8 Å². The maximum absolute atomic E-state index is 5.97. The Morgan fingerprint density at radius 2 is 1.77 bits per heavy atom. The lowest BCUT2D eigenvalue weighted by molar-refractivity contribution is 0.0841. The number of likely N-dealkylation sites (N-methyl/N-ethyl adjacent to an activating group) is 1. The minimum atomic E-state index is -0.256. The van der Waals surface area contributed by atoms with Gasteiger partial charge in [-0.3, -0.25) is 0 Å². The quantitative estimate of drug-likeness (QED) is 0.608. The molecule has 121 valence electrons. The summed E-state index contributed by atoms with van der Waals surface area (Å²) in [5.74, 6) is 1.05. The van der Waals surface area contributed by atoms with Gasteiger partial charge < -0.3 is 14.5 Å². The average Bonchev–Trinajstić information content (AvgIpc) is 2.45. The highest BCUT2D eigenvalue weighted by Gasteiger charge is 2.33. The van der Waals surface area contributed by atoms with Crippen LogP contribution < -0.4 is 10.4 Å². The van der Waals surface area contributed by atoms with E-state index < -0.39 is 0 Å². The van der Waals surface area contributed by atoms with Crippen LogP contribution in [0.1, 0.15) is 27.7 Å². The van der Waals surface area contributed by atoms with Gasteiger partial charge in [0.15, 0.2) is 0 Å². The van der Waals surface area contributed by atoms with Crippen LogP contribution in [-0.4, -0.2) is 61.4 Å². The molecule has 0 saturated carbocycles. The summed E-state index contributed by atoms with van der Waals surface area (Å²) in [6.07, 6.45) is 1.89. The maximum atomic E-state index is 5.97. The molecule has 1 aromatic rings. The fourth-order valence-corrected chi connectivity index (χ4v) is 2.13. The first kappa shape index (κ1) is 17.7. The Kier molecular flexibility index (Phi) is 5.52. The van der Waals surface area contributed by atoms with Crippen molar-refractivity contribution in [3.63, 3.8) is 0 Å². The SMILES string of the molecule is CN1CCN(c2ccc([B]OC(C)(C)C(C)(C)P)cn2)CC1. The van der Waals surface area contributed by atoms with E-state index in [9.17, 15) is 0 Å². The van der Waals surface area contributed by atoms with Gasteiger partial charge >= 0.3 is 7.48 Å². The van der Waals surface area contributed by atoms with Crippen LogP contribution >= 0.6 is 9.24 Å². The zero-order valence-electron chi connectivity index (χ0n) is 14.5. The molecule has 0 aliphatic carbocycles. The van der Waals surface area contributed by atoms with Crippen molar-refractivity contribution in [2.45, 2.75) is 38.5 Å². The van der Waals surface area contributed by atoms with Crippen LogP contribution in [0.5, 0.6) is 0 Å². The van der Waals surface area contributed by atoms with Gasteiger partial charge in [0, 0.05) is 37.5 Å². The van der Waals surface area contributed by atoms with Gasteiger partial charge in [0.1, 0.15) is 5.82 Å². The number of hydrogen-bond acceptors (Lipinski definition) is 4. The van der Waals surface area contributed by atoms with E-state index >= 15 is 0 Å². The number of rotatable bonds is 5. The highest BCUT2D eigenvalue weighted by Crippen LogP contribution is 2.33. The van der Waals surface area contributed by atoms with Gasteiger partial charge in [-0.25, -0.2) is 4.98 Å². The summed E-state index contributed by atoms with van der Waals surface area (Å²) in [7, 11) is 6.82. The van der Waals surface area contributed by atoms with Gasteiger partial charge in [0.25, 0.3) is 0 Å². The van der Waals surface area contributed by atoms with E-state index in [4.69, 9.17) is 4.65 Å². The second kappa shape index (κ2) is 6.86. The highest BCUT2D eigenvalue weighted by molar-refractivity contribution is 7.19. The normalized spacial score (nSPS) is 17.6. The van der Waals surface area contributed by atoms with Gasteiger partial charge in [0.2, 0.25) is 0 Å². The molecule has 6 heteroatoms. The second-order valence-corrected chi connectivity index (χ2v) is 8.65. The molecule has 0 N–H and O–H groups in total. The first-order chi connectivity index (χ1) is 10.2. The van der Waals surface area contributed by atoms with E-state index in [0.29, 0.717) is 0 Å². The second-order valence-electron chi connectivity index (χ2n) is 7.21. The molecule has 1 radical (unpaired) electrons. The number of piperazine rings is 1. The van der Waals surface area contributed by atoms with E-state index in [1.165, 1.54) is 0 Å². The molecule has 22 heavy (non-hydrogen) atoms. The van der Waals surface area contributed by atoms with Gasteiger partial charge in [0.05, 0.1) is 5.60 Å². The summed E-state index contributed by atoms with van der Waals surface area (Å²) in [4.78, 5) is 9.26. The van der Waals surface area contributed by atoms with Crippen molar-refractivity contribution in [3.8, 4) is 0 Å². The Hall–Kier alpha value is -0.635. The smallest absolute Gasteiger partial charge is 0.332 e. The van der Waals surface area contributed by atoms with Crippen LogP contribution in [0.4, 0.5) is 5.82 Å². The molecule has 1 aromatic heterocycles. The van der Waals surface area contributed by atoms with E-state index in [1.807, 2.05) is 13.7 Å². The van der Waals surface area contributed by atoms with E-state index in [0.717, 1.165) is 37.5 Å². The number of hydrogen-bond donors (Lipinski definition) is 0. The molecular formula is C16H28BN3OP. The summed E-state index contributed by atoms with van der Waals surface area (Å²) in [5, 5.41) is -0.00328. The predicted molar refractivity (Wildman–Crippen MR) is 98.3 cm³/mol. The molecule has 1 unspecified atom stereocenters. The van der Waals surface area contributed by atoms with Crippen LogP contribution in [0, 0.1) is 0 Å². The van der Waals surface area contributed by atoms with Crippen molar-refractivity contribution < 1.29 is 4.65 Å². The fourth-order valence-electron chi connectivity index (χ4n) is 2.06. The molecule has 1 saturated heterocycles. The lowest BCUT2D eigenvalue weighted by Crippen LogP contribution is -2.45. The lowest BCUT2D eigenvalue weighted by atomic mass is 9.85. The summed E-state index contributed by atoms with van der Waals surface area (Å²) in [6, 6.07) is 4.16. The Morgan fingerprint density at radius 1 is 1.14 bits per heavy atom. The number of nitrogens with zero attached hydrogens (tertiary/aromatic N) is 3. The zero-order valence-corrected chi connectivity index (χ0v) is 15.6. The monoisotopic (exact) mass is 320 g/mol. The molecule has 1 aliphatic rings.